The Morgan fingerprint density at radius 2 is 1.07 bits per heavy atom. The first-order valence-corrected chi connectivity index (χ1v) is 12.8. The number of carbonyl (C=O) groups is 1. The van der Waals surface area contributed by atoms with Crippen LogP contribution in [0.15, 0.2) is 0 Å². The molecule has 5 nitrogen and oxygen atoms in total. The smallest absolute Gasteiger partial charge is 0.305 e. The quantitative estimate of drug-likeness (QED) is 0.157. The van der Waals surface area contributed by atoms with E-state index in [0.29, 0.717) is 26.1 Å². The van der Waals surface area contributed by atoms with Gasteiger partial charge in [-0.3, -0.25) is 9.69 Å². The molecule has 30 heavy (non-hydrogen) atoms. The number of ether oxygens (including phenoxy) is 1. The number of carbonyl (C=O) groups excluding carboxylic acids is 1. The van der Waals surface area contributed by atoms with Crippen molar-refractivity contribution >= 4 is 5.97 Å². The van der Waals surface area contributed by atoms with E-state index < -0.39 is 0 Å². The molecule has 0 unspecified atom stereocenters. The van der Waals surface area contributed by atoms with Crippen LogP contribution in [-0.4, -0.2) is 60.5 Å². The molecule has 0 aromatic carbocycles. The number of hydrogen-bond acceptors (Lipinski definition) is 5. The van der Waals surface area contributed by atoms with E-state index in [1.165, 1.54) is 83.5 Å². The highest BCUT2D eigenvalue weighted by Crippen LogP contribution is 2.13. The third kappa shape index (κ3) is 22.0. The fraction of sp³-hybridized carbons (Fsp3) is 0.960. The molecule has 0 amide bonds. The molecule has 0 rings (SSSR count). The van der Waals surface area contributed by atoms with E-state index in [2.05, 4.69) is 6.92 Å². The molecular formula is C25H51NO4. The SMILES string of the molecule is CCCCCCCCCCCCCCCCCC(=O)OCCCN(CCO)CCO. The summed E-state index contributed by atoms with van der Waals surface area (Å²) in [7, 11) is 0. The van der Waals surface area contributed by atoms with Crippen LogP contribution in [0.3, 0.4) is 0 Å². The van der Waals surface area contributed by atoms with Gasteiger partial charge >= 0.3 is 5.97 Å². The van der Waals surface area contributed by atoms with Crippen LogP contribution < -0.4 is 0 Å². The lowest BCUT2D eigenvalue weighted by Crippen LogP contribution is -2.31. The van der Waals surface area contributed by atoms with E-state index in [-0.39, 0.29) is 19.2 Å². The number of nitrogens with zero attached hydrogens (tertiary/aromatic N) is 1. The van der Waals surface area contributed by atoms with Gasteiger partial charge in [0.2, 0.25) is 0 Å². The van der Waals surface area contributed by atoms with Gasteiger partial charge in [-0.25, -0.2) is 0 Å². The summed E-state index contributed by atoms with van der Waals surface area (Å²) in [6.07, 6.45) is 21.1. The predicted molar refractivity (Wildman–Crippen MR) is 126 cm³/mol. The Morgan fingerprint density at radius 1 is 0.633 bits per heavy atom. The second kappa shape index (κ2) is 24.6. The average molecular weight is 430 g/mol. The maximum atomic E-state index is 11.8. The molecule has 0 fully saturated rings. The summed E-state index contributed by atoms with van der Waals surface area (Å²) in [6, 6.07) is 0. The van der Waals surface area contributed by atoms with E-state index in [1.54, 1.807) is 0 Å². The minimum Gasteiger partial charge on any atom is -0.466 e. The number of esters is 1. The molecule has 0 spiro atoms. The van der Waals surface area contributed by atoms with Crippen molar-refractivity contribution in [2.45, 2.75) is 116 Å². The van der Waals surface area contributed by atoms with Crippen LogP contribution in [0.25, 0.3) is 0 Å². The molecule has 0 atom stereocenters. The summed E-state index contributed by atoms with van der Waals surface area (Å²) in [6.45, 7) is 4.69. The highest BCUT2D eigenvalue weighted by Gasteiger charge is 2.05. The van der Waals surface area contributed by atoms with E-state index in [0.717, 1.165) is 25.8 Å². The van der Waals surface area contributed by atoms with Gasteiger partial charge in [-0.05, 0) is 12.8 Å². The van der Waals surface area contributed by atoms with Gasteiger partial charge in [-0.2, -0.15) is 0 Å². The van der Waals surface area contributed by atoms with Crippen LogP contribution in [0.1, 0.15) is 116 Å². The second-order valence-electron chi connectivity index (χ2n) is 8.56. The zero-order valence-corrected chi connectivity index (χ0v) is 19.9. The number of unbranched alkanes of at least 4 members (excludes halogenated alkanes) is 14. The van der Waals surface area contributed by atoms with Gasteiger partial charge in [-0.1, -0.05) is 96.8 Å². The fourth-order valence-corrected chi connectivity index (χ4v) is 3.81. The van der Waals surface area contributed by atoms with E-state index in [4.69, 9.17) is 14.9 Å². The lowest BCUT2D eigenvalue weighted by atomic mass is 10.0. The molecule has 5 heteroatoms. The maximum absolute atomic E-state index is 11.8. The summed E-state index contributed by atoms with van der Waals surface area (Å²) in [5.74, 6) is -0.0967. The van der Waals surface area contributed by atoms with Crippen LogP contribution in [0, 0.1) is 0 Å². The minimum atomic E-state index is -0.0967. The Balaban J connectivity index is 3.28. The first-order valence-electron chi connectivity index (χ1n) is 12.8. The van der Waals surface area contributed by atoms with Crippen molar-refractivity contribution in [2.75, 3.05) is 39.5 Å². The third-order valence-corrected chi connectivity index (χ3v) is 5.70. The minimum absolute atomic E-state index is 0.0823. The highest BCUT2D eigenvalue weighted by atomic mass is 16.5. The Morgan fingerprint density at radius 3 is 1.50 bits per heavy atom. The van der Waals surface area contributed by atoms with Crippen LogP contribution in [0.5, 0.6) is 0 Å². The Kier molecular flexibility index (Phi) is 24.1. The highest BCUT2D eigenvalue weighted by molar-refractivity contribution is 5.69. The van der Waals surface area contributed by atoms with Crippen molar-refractivity contribution in [1.82, 2.24) is 4.90 Å². The van der Waals surface area contributed by atoms with Crippen molar-refractivity contribution < 1.29 is 19.7 Å². The predicted octanol–water partition coefficient (Wildman–Crippen LogP) is 5.47. The number of rotatable bonds is 24. The van der Waals surface area contributed by atoms with Gasteiger partial charge in [0.25, 0.3) is 0 Å². The van der Waals surface area contributed by atoms with Crippen molar-refractivity contribution in [3.63, 3.8) is 0 Å². The summed E-state index contributed by atoms with van der Waals surface area (Å²) >= 11 is 0. The molecular weight excluding hydrogens is 378 g/mol. The van der Waals surface area contributed by atoms with Gasteiger partial charge < -0.3 is 14.9 Å². The number of hydrogen-bond donors (Lipinski definition) is 2. The van der Waals surface area contributed by atoms with Crippen molar-refractivity contribution in [3.05, 3.63) is 0 Å². The average Bonchev–Trinajstić information content (AvgIpc) is 2.74. The normalized spacial score (nSPS) is 11.3. The number of aliphatic hydroxyl groups excluding tert-OH is 2. The van der Waals surface area contributed by atoms with E-state index >= 15 is 0 Å². The Labute approximate surface area is 186 Å². The summed E-state index contributed by atoms with van der Waals surface area (Å²) in [5, 5.41) is 17.9. The monoisotopic (exact) mass is 429 g/mol. The summed E-state index contributed by atoms with van der Waals surface area (Å²) in [4.78, 5) is 13.7. The molecule has 0 heterocycles. The molecule has 0 aromatic rings. The van der Waals surface area contributed by atoms with Gasteiger partial charge in [-0.15, -0.1) is 0 Å². The molecule has 2 N–H and O–H groups in total. The largest absolute Gasteiger partial charge is 0.466 e. The fourth-order valence-electron chi connectivity index (χ4n) is 3.81. The molecule has 180 valence electrons. The standard InChI is InChI=1S/C25H51NO4/c1-2-3-4-5-6-7-8-9-10-11-12-13-14-15-16-18-25(29)30-24-17-19-26(20-22-27)21-23-28/h27-28H,2-24H2,1H3. The maximum Gasteiger partial charge on any atom is 0.305 e. The Bertz CT molecular complexity index is 346. The zero-order valence-electron chi connectivity index (χ0n) is 19.9. The van der Waals surface area contributed by atoms with Crippen LogP contribution in [-0.2, 0) is 9.53 Å². The molecule has 0 saturated carbocycles. The molecule has 0 aliphatic rings. The van der Waals surface area contributed by atoms with Gasteiger partial charge in [0, 0.05) is 26.1 Å². The van der Waals surface area contributed by atoms with Crippen molar-refractivity contribution in [1.29, 1.82) is 0 Å². The lowest BCUT2D eigenvalue weighted by molar-refractivity contribution is -0.144. The molecule has 0 aliphatic heterocycles. The molecule has 0 aliphatic carbocycles. The van der Waals surface area contributed by atoms with E-state index in [9.17, 15) is 4.79 Å². The topological polar surface area (TPSA) is 70.0 Å². The Hall–Kier alpha value is -0.650. The molecule has 0 radical (unpaired) electrons. The van der Waals surface area contributed by atoms with Crippen LogP contribution in [0.4, 0.5) is 0 Å². The zero-order chi connectivity index (χ0) is 22.1. The molecule has 0 bridgehead atoms. The van der Waals surface area contributed by atoms with Crippen molar-refractivity contribution in [2.24, 2.45) is 0 Å². The van der Waals surface area contributed by atoms with E-state index in [1.807, 2.05) is 4.90 Å². The van der Waals surface area contributed by atoms with Gasteiger partial charge in [0.15, 0.2) is 0 Å². The first-order chi connectivity index (χ1) is 14.7. The van der Waals surface area contributed by atoms with Gasteiger partial charge in [0.05, 0.1) is 19.8 Å². The summed E-state index contributed by atoms with van der Waals surface area (Å²) < 4.78 is 5.28. The summed E-state index contributed by atoms with van der Waals surface area (Å²) in [5.41, 5.74) is 0. The van der Waals surface area contributed by atoms with Crippen LogP contribution >= 0.6 is 0 Å². The lowest BCUT2D eigenvalue weighted by Gasteiger charge is -2.19. The third-order valence-electron chi connectivity index (χ3n) is 5.70. The first kappa shape index (κ1) is 29.4. The second-order valence-corrected chi connectivity index (χ2v) is 8.56. The number of aliphatic hydroxyl groups is 2. The van der Waals surface area contributed by atoms with Crippen molar-refractivity contribution in [3.8, 4) is 0 Å². The molecule has 0 saturated heterocycles. The molecule has 0 aromatic heterocycles. The van der Waals surface area contributed by atoms with Crippen LogP contribution in [0.2, 0.25) is 0 Å². The van der Waals surface area contributed by atoms with Gasteiger partial charge in [0.1, 0.15) is 0 Å².